The summed E-state index contributed by atoms with van der Waals surface area (Å²) >= 11 is 0. The maximum absolute atomic E-state index is 11.7. The second-order valence-electron chi connectivity index (χ2n) is 3.38. The molecule has 2 rings (SSSR count). The Morgan fingerprint density at radius 1 is 1.26 bits per heavy atom. The van der Waals surface area contributed by atoms with E-state index < -0.39 is 11.9 Å². The molecule has 1 aromatic heterocycles. The smallest absolute Gasteiger partial charge is 1.00 e. The van der Waals surface area contributed by atoms with Crippen molar-refractivity contribution in [3.63, 3.8) is 0 Å². The summed E-state index contributed by atoms with van der Waals surface area (Å²) in [5.41, 5.74) is 0.187. The summed E-state index contributed by atoms with van der Waals surface area (Å²) in [6.45, 7) is 0. The first-order valence-corrected chi connectivity index (χ1v) is 5.04. The monoisotopic (exact) mass is 285 g/mol. The van der Waals surface area contributed by atoms with E-state index in [1.165, 1.54) is 43.0 Å². The molecule has 0 atom stereocenters. The molecule has 0 saturated carbocycles. The Labute approximate surface area is 152 Å². The van der Waals surface area contributed by atoms with Crippen LogP contribution >= 0.6 is 0 Å². The van der Waals surface area contributed by atoms with Crippen molar-refractivity contribution in [1.29, 1.82) is 0 Å². The molecule has 6 nitrogen and oxygen atoms in total. The normalized spacial score (nSPS) is 9.26. The molecule has 7 heteroatoms. The molecule has 2 aromatic rings. The minimum absolute atomic E-state index is 0. The predicted octanol–water partition coefficient (Wildman–Crippen LogP) is -2.55. The van der Waals surface area contributed by atoms with Crippen LogP contribution in [0.4, 0.5) is 0 Å². The van der Waals surface area contributed by atoms with Gasteiger partial charge in [-0.3, -0.25) is 4.84 Å². The van der Waals surface area contributed by atoms with Gasteiger partial charge in [0.15, 0.2) is 0 Å². The van der Waals surface area contributed by atoms with E-state index in [1.807, 2.05) is 0 Å². The van der Waals surface area contributed by atoms with E-state index in [9.17, 15) is 9.59 Å². The molecule has 0 aliphatic rings. The fraction of sp³-hybridized carbons (Fsp3) is 0. The first-order chi connectivity index (χ1) is 8.66. The number of carbonyl (C=O) groups is 2. The average Bonchev–Trinajstić information content (AvgIpc) is 2.40. The van der Waals surface area contributed by atoms with Gasteiger partial charge in [-0.1, -0.05) is 11.1 Å². The van der Waals surface area contributed by atoms with Gasteiger partial charge in [-0.2, -0.15) is 0 Å². The molecule has 92 valence electrons. The van der Waals surface area contributed by atoms with Crippen LogP contribution in [0.1, 0.15) is 22.1 Å². The van der Waals surface area contributed by atoms with E-state index in [0.717, 1.165) is 4.73 Å². The Morgan fingerprint density at radius 2 is 2.00 bits per heavy atom. The minimum atomic E-state index is -1.10. The summed E-state index contributed by atoms with van der Waals surface area (Å²) in [7, 11) is 0. The summed E-state index contributed by atoms with van der Waals surface area (Å²) in [5.74, 6) is -1.75. The Kier molecular flexibility index (Phi) is 6.26. The van der Waals surface area contributed by atoms with Gasteiger partial charge in [-0.25, -0.2) is 9.59 Å². The predicted molar refractivity (Wildman–Crippen MR) is 59.9 cm³/mol. The fourth-order valence-electron chi connectivity index (χ4n) is 1.30. The first kappa shape index (κ1) is 15.9. The number of carboxylic acid groups (broad SMARTS) is 1. The molecular formula is C12H10KN2O4+. The van der Waals surface area contributed by atoms with Gasteiger partial charge in [0, 0.05) is 6.07 Å². The number of nitrogens with zero attached hydrogens (tertiary/aromatic N) is 2. The molecule has 1 aromatic carbocycles. The number of hydrogen-bond donors (Lipinski definition) is 1. The van der Waals surface area contributed by atoms with E-state index in [0.29, 0.717) is 0 Å². The number of aromatic carboxylic acids is 1. The zero-order chi connectivity index (χ0) is 13.0. The maximum atomic E-state index is 11.7. The van der Waals surface area contributed by atoms with Crippen molar-refractivity contribution in [1.82, 2.24) is 4.98 Å². The SMILES string of the molecule is O=C(O)c1cccc(C(=O)O[n+]2cccnc2)c1.[H-].[K+]. The zero-order valence-corrected chi connectivity index (χ0v) is 13.3. The van der Waals surface area contributed by atoms with Crippen molar-refractivity contribution in [2.75, 3.05) is 0 Å². The van der Waals surface area contributed by atoms with Gasteiger partial charge >= 0.3 is 69.7 Å². The quantitative estimate of drug-likeness (QED) is 0.496. The van der Waals surface area contributed by atoms with Gasteiger partial charge in [-0.05, 0) is 22.9 Å². The van der Waals surface area contributed by atoms with E-state index in [1.54, 1.807) is 6.07 Å². The number of hydrogen-bond acceptors (Lipinski definition) is 4. The van der Waals surface area contributed by atoms with Crippen molar-refractivity contribution in [3.8, 4) is 0 Å². The van der Waals surface area contributed by atoms with Crippen molar-refractivity contribution in [3.05, 3.63) is 60.2 Å². The molecule has 0 radical (unpaired) electrons. The molecule has 0 bridgehead atoms. The molecule has 0 amide bonds. The summed E-state index contributed by atoms with van der Waals surface area (Å²) in [4.78, 5) is 31.2. The van der Waals surface area contributed by atoms with Crippen molar-refractivity contribution >= 4 is 11.9 Å². The second kappa shape index (κ2) is 7.46. The van der Waals surface area contributed by atoms with Crippen LogP contribution in [0.15, 0.2) is 49.1 Å². The van der Waals surface area contributed by atoms with E-state index >= 15 is 0 Å². The number of rotatable bonds is 3. The molecular weight excluding hydrogens is 275 g/mol. The van der Waals surface area contributed by atoms with Crippen LogP contribution in [0.3, 0.4) is 0 Å². The molecule has 1 N–H and O–H groups in total. The van der Waals surface area contributed by atoms with Crippen LogP contribution < -0.4 is 61.0 Å². The third-order valence-electron chi connectivity index (χ3n) is 2.12. The number of aromatic nitrogens is 2. The molecule has 19 heavy (non-hydrogen) atoms. The third kappa shape index (κ3) is 4.48. The van der Waals surface area contributed by atoms with Crippen LogP contribution in [0.5, 0.6) is 0 Å². The maximum Gasteiger partial charge on any atom is 1.00 e. The molecule has 0 aliphatic heterocycles. The minimum Gasteiger partial charge on any atom is -1.00 e. The Morgan fingerprint density at radius 3 is 2.63 bits per heavy atom. The second-order valence-corrected chi connectivity index (χ2v) is 3.38. The topological polar surface area (TPSA) is 80.4 Å². The molecule has 0 aliphatic carbocycles. The van der Waals surface area contributed by atoms with Gasteiger partial charge < -0.3 is 6.53 Å². The summed E-state index contributed by atoms with van der Waals surface area (Å²) in [5, 5.41) is 8.81. The fourth-order valence-corrected chi connectivity index (χ4v) is 1.30. The largest absolute Gasteiger partial charge is 1.00 e. The van der Waals surface area contributed by atoms with Crippen molar-refractivity contribution in [2.24, 2.45) is 0 Å². The van der Waals surface area contributed by atoms with Crippen LogP contribution in [0.25, 0.3) is 0 Å². The Bertz CT molecular complexity index is 595. The molecule has 0 fully saturated rings. The summed E-state index contributed by atoms with van der Waals surface area (Å²) < 4.78 is 1.13. The van der Waals surface area contributed by atoms with Gasteiger partial charge in [-0.15, -0.1) is 0 Å². The number of carboxylic acids is 1. The molecule has 0 unspecified atom stereocenters. The Balaban J connectivity index is 0.00000180. The average molecular weight is 285 g/mol. The van der Waals surface area contributed by atoms with Crippen LogP contribution in [0.2, 0.25) is 0 Å². The zero-order valence-electron chi connectivity index (χ0n) is 11.2. The van der Waals surface area contributed by atoms with Crippen LogP contribution in [0, 0.1) is 0 Å². The van der Waals surface area contributed by atoms with Gasteiger partial charge in [0.25, 0.3) is 0 Å². The standard InChI is InChI=1S/C12H8N2O4.K.H/c15-11(16)9-3-1-4-10(7-9)12(17)18-14-6-2-5-13-8-14;;/h1-8H;;/q;+1;-1/p+1. The molecule has 0 spiro atoms. The van der Waals surface area contributed by atoms with Crippen LogP contribution in [-0.2, 0) is 0 Å². The van der Waals surface area contributed by atoms with Gasteiger partial charge in [0.2, 0.25) is 0 Å². The summed E-state index contributed by atoms with van der Waals surface area (Å²) in [6.07, 6.45) is 4.36. The van der Waals surface area contributed by atoms with Crippen molar-refractivity contribution < 1.29 is 77.1 Å². The molecule has 0 saturated heterocycles. The molecule has 1 heterocycles. The van der Waals surface area contributed by atoms with E-state index in [4.69, 9.17) is 9.94 Å². The Hall–Kier alpha value is -1.12. The number of benzene rings is 1. The van der Waals surface area contributed by atoms with E-state index in [2.05, 4.69) is 4.98 Å². The number of carbonyl (C=O) groups excluding carboxylic acids is 1. The first-order valence-electron chi connectivity index (χ1n) is 5.04. The van der Waals surface area contributed by atoms with Gasteiger partial charge in [0.1, 0.15) is 12.4 Å². The van der Waals surface area contributed by atoms with Crippen LogP contribution in [-0.4, -0.2) is 22.0 Å². The van der Waals surface area contributed by atoms with Gasteiger partial charge in [0.05, 0.1) is 11.1 Å². The van der Waals surface area contributed by atoms with E-state index in [-0.39, 0.29) is 63.9 Å². The third-order valence-corrected chi connectivity index (χ3v) is 2.12. The van der Waals surface area contributed by atoms with Crippen molar-refractivity contribution in [2.45, 2.75) is 0 Å². The summed E-state index contributed by atoms with van der Waals surface area (Å²) in [6, 6.07) is 7.21.